The molecule has 1 aliphatic rings. The Labute approximate surface area is 164 Å². The number of rotatable bonds is 4. The molecule has 0 bridgehead atoms. The molecule has 2 heterocycles. The molecule has 1 unspecified atom stereocenters. The van der Waals surface area contributed by atoms with E-state index in [2.05, 4.69) is 36.8 Å². The van der Waals surface area contributed by atoms with Crippen LogP contribution in [0.1, 0.15) is 24.1 Å². The number of anilines is 1. The van der Waals surface area contributed by atoms with Crippen molar-refractivity contribution in [2.75, 3.05) is 11.9 Å². The van der Waals surface area contributed by atoms with Crippen molar-refractivity contribution >= 4 is 33.5 Å². The van der Waals surface area contributed by atoms with Gasteiger partial charge >= 0.3 is 5.97 Å². The molecule has 136 valence electrons. The number of aromatic nitrogens is 4. The van der Waals surface area contributed by atoms with Crippen LogP contribution in [0.3, 0.4) is 0 Å². The fourth-order valence-electron chi connectivity index (χ4n) is 3.13. The first kappa shape index (κ1) is 17.4. The van der Waals surface area contributed by atoms with Gasteiger partial charge < -0.3 is 10.1 Å². The van der Waals surface area contributed by atoms with E-state index < -0.39 is 12.0 Å². The number of ether oxygens (including phenoxy) is 1. The number of benzene rings is 2. The van der Waals surface area contributed by atoms with Gasteiger partial charge in [-0.2, -0.15) is 4.68 Å². The topological polar surface area (TPSA) is 81.9 Å². The number of carbonyl (C=O) groups is 1. The zero-order chi connectivity index (χ0) is 18.8. The lowest BCUT2D eigenvalue weighted by Gasteiger charge is -2.28. The Morgan fingerprint density at radius 1 is 1.22 bits per heavy atom. The van der Waals surface area contributed by atoms with Crippen molar-refractivity contribution in [3.63, 3.8) is 0 Å². The Morgan fingerprint density at radius 3 is 2.78 bits per heavy atom. The zero-order valence-corrected chi connectivity index (χ0v) is 16.0. The van der Waals surface area contributed by atoms with Gasteiger partial charge in [0.15, 0.2) is 0 Å². The van der Waals surface area contributed by atoms with Gasteiger partial charge in [0.1, 0.15) is 6.04 Å². The number of esters is 1. The van der Waals surface area contributed by atoms with Crippen molar-refractivity contribution < 1.29 is 9.53 Å². The van der Waals surface area contributed by atoms with Gasteiger partial charge in [0.2, 0.25) is 5.95 Å². The van der Waals surface area contributed by atoms with Crippen LogP contribution >= 0.6 is 15.9 Å². The molecule has 2 aromatic carbocycles. The number of tetrazole rings is 1. The molecule has 1 aliphatic heterocycles. The number of nitrogens with zero attached hydrogens (tertiary/aromatic N) is 4. The van der Waals surface area contributed by atoms with Crippen LogP contribution in [0.25, 0.3) is 5.70 Å². The van der Waals surface area contributed by atoms with Crippen molar-refractivity contribution in [3.8, 4) is 0 Å². The summed E-state index contributed by atoms with van der Waals surface area (Å²) in [6.45, 7) is 2.06. The summed E-state index contributed by atoms with van der Waals surface area (Å²) in [6.07, 6.45) is 0. The molecule has 0 fully saturated rings. The third-order valence-electron chi connectivity index (χ3n) is 4.24. The lowest BCUT2D eigenvalue weighted by molar-refractivity contribution is -0.138. The molecule has 1 atom stereocenters. The first-order valence-electron chi connectivity index (χ1n) is 8.46. The minimum atomic E-state index is -0.511. The quantitative estimate of drug-likeness (QED) is 0.644. The molecule has 1 N–H and O–H groups in total. The van der Waals surface area contributed by atoms with Gasteiger partial charge in [0, 0.05) is 4.47 Å². The van der Waals surface area contributed by atoms with E-state index in [1.165, 1.54) is 0 Å². The van der Waals surface area contributed by atoms with Crippen LogP contribution in [-0.4, -0.2) is 32.8 Å². The summed E-state index contributed by atoms with van der Waals surface area (Å²) in [7, 11) is 0. The molecule has 0 saturated carbocycles. The van der Waals surface area contributed by atoms with Gasteiger partial charge in [-0.3, -0.25) is 0 Å². The average molecular weight is 426 g/mol. The molecule has 27 heavy (non-hydrogen) atoms. The maximum atomic E-state index is 13.0. The van der Waals surface area contributed by atoms with Crippen LogP contribution in [0.15, 0.2) is 64.6 Å². The van der Waals surface area contributed by atoms with Crippen molar-refractivity contribution in [1.82, 2.24) is 20.2 Å². The van der Waals surface area contributed by atoms with Crippen LogP contribution in [0, 0.1) is 0 Å². The van der Waals surface area contributed by atoms with Crippen molar-refractivity contribution in [3.05, 3.63) is 75.8 Å². The highest BCUT2D eigenvalue weighted by Crippen LogP contribution is 2.39. The van der Waals surface area contributed by atoms with E-state index in [-0.39, 0.29) is 6.61 Å². The van der Waals surface area contributed by atoms with E-state index in [0.29, 0.717) is 17.2 Å². The van der Waals surface area contributed by atoms with Crippen LogP contribution in [0.2, 0.25) is 0 Å². The maximum absolute atomic E-state index is 13.0. The minimum absolute atomic E-state index is 0.276. The Kier molecular flexibility index (Phi) is 4.72. The van der Waals surface area contributed by atoms with Gasteiger partial charge in [0.25, 0.3) is 0 Å². The predicted molar refractivity (Wildman–Crippen MR) is 104 cm³/mol. The summed E-state index contributed by atoms with van der Waals surface area (Å²) in [5, 5.41) is 15.1. The first-order valence-corrected chi connectivity index (χ1v) is 9.25. The summed E-state index contributed by atoms with van der Waals surface area (Å²) < 4.78 is 7.87. The fourth-order valence-corrected chi connectivity index (χ4v) is 3.54. The van der Waals surface area contributed by atoms with E-state index in [9.17, 15) is 4.79 Å². The number of nitrogens with one attached hydrogen (secondary N) is 1. The molecule has 4 rings (SSSR count). The van der Waals surface area contributed by atoms with E-state index in [1.807, 2.05) is 54.6 Å². The minimum Gasteiger partial charge on any atom is -0.463 e. The maximum Gasteiger partial charge on any atom is 0.338 e. The van der Waals surface area contributed by atoms with Crippen molar-refractivity contribution in [2.45, 2.75) is 13.0 Å². The molecule has 0 radical (unpaired) electrons. The van der Waals surface area contributed by atoms with Crippen LogP contribution < -0.4 is 5.32 Å². The molecule has 3 aromatic rings. The normalized spacial score (nSPS) is 15.9. The molecule has 0 amide bonds. The molecular weight excluding hydrogens is 410 g/mol. The molecular formula is C19H16BrN5O2. The van der Waals surface area contributed by atoms with Gasteiger partial charge in [-0.05, 0) is 40.6 Å². The van der Waals surface area contributed by atoms with Crippen molar-refractivity contribution in [1.29, 1.82) is 0 Å². The molecule has 0 aliphatic carbocycles. The van der Waals surface area contributed by atoms with E-state index in [0.717, 1.165) is 15.6 Å². The van der Waals surface area contributed by atoms with E-state index in [1.54, 1.807) is 11.6 Å². The van der Waals surface area contributed by atoms with Crippen LogP contribution in [-0.2, 0) is 9.53 Å². The summed E-state index contributed by atoms with van der Waals surface area (Å²) >= 11 is 3.50. The number of fused-ring (bicyclic) bond motifs is 1. The van der Waals surface area contributed by atoms with Gasteiger partial charge in [-0.25, -0.2) is 4.79 Å². The van der Waals surface area contributed by atoms with Gasteiger partial charge in [-0.1, -0.05) is 63.5 Å². The van der Waals surface area contributed by atoms with E-state index >= 15 is 0 Å². The highest BCUT2D eigenvalue weighted by atomic mass is 79.9. The number of hydrogen-bond donors (Lipinski definition) is 1. The summed E-state index contributed by atoms with van der Waals surface area (Å²) in [5.74, 6) is 0.0573. The second-order valence-corrected chi connectivity index (χ2v) is 6.82. The second-order valence-electron chi connectivity index (χ2n) is 5.90. The van der Waals surface area contributed by atoms with Crippen LogP contribution in [0.5, 0.6) is 0 Å². The third-order valence-corrected chi connectivity index (χ3v) is 4.73. The molecule has 1 aromatic heterocycles. The Morgan fingerprint density at radius 2 is 2.04 bits per heavy atom. The second kappa shape index (κ2) is 7.32. The Bertz CT molecular complexity index is 1020. The SMILES string of the molecule is CCOC(=O)C1=C(c2ccccc2)Nc2nnnn2C1c1cccc(Br)c1. The number of halogens is 1. The van der Waals surface area contributed by atoms with Crippen molar-refractivity contribution in [2.24, 2.45) is 0 Å². The van der Waals surface area contributed by atoms with Gasteiger partial charge in [-0.15, -0.1) is 0 Å². The summed E-state index contributed by atoms with van der Waals surface area (Å²) in [4.78, 5) is 13.0. The molecule has 7 nitrogen and oxygen atoms in total. The molecule has 8 heteroatoms. The standard InChI is InChI=1S/C19H16BrN5O2/c1-2-27-18(26)15-16(12-7-4-3-5-8-12)21-19-22-23-24-25(19)17(15)13-9-6-10-14(20)11-13/h3-11,17H,2H2,1H3,(H,21,22,24). The number of hydrogen-bond acceptors (Lipinski definition) is 6. The highest BCUT2D eigenvalue weighted by molar-refractivity contribution is 9.10. The fraction of sp³-hybridized carbons (Fsp3) is 0.158. The lowest BCUT2D eigenvalue weighted by Crippen LogP contribution is -2.30. The monoisotopic (exact) mass is 425 g/mol. The van der Waals surface area contributed by atoms with Crippen LogP contribution in [0.4, 0.5) is 5.95 Å². The third kappa shape index (κ3) is 3.23. The lowest BCUT2D eigenvalue weighted by atomic mass is 9.93. The Hall–Kier alpha value is -3.00. The molecule has 0 saturated heterocycles. The average Bonchev–Trinajstić information content (AvgIpc) is 3.15. The van der Waals surface area contributed by atoms with Gasteiger partial charge in [0.05, 0.1) is 17.9 Å². The predicted octanol–water partition coefficient (Wildman–Crippen LogP) is 3.42. The highest BCUT2D eigenvalue weighted by Gasteiger charge is 2.36. The smallest absolute Gasteiger partial charge is 0.338 e. The first-order chi connectivity index (χ1) is 13.2. The number of carbonyl (C=O) groups excluding carboxylic acids is 1. The summed E-state index contributed by atoms with van der Waals surface area (Å²) in [6, 6.07) is 16.8. The molecule has 0 spiro atoms. The zero-order valence-electron chi connectivity index (χ0n) is 14.5. The van der Waals surface area contributed by atoms with E-state index in [4.69, 9.17) is 4.74 Å². The largest absolute Gasteiger partial charge is 0.463 e. The Balaban J connectivity index is 1.97. The summed E-state index contributed by atoms with van der Waals surface area (Å²) in [5.41, 5.74) is 2.83.